The third-order valence-corrected chi connectivity index (χ3v) is 4.47. The summed E-state index contributed by atoms with van der Waals surface area (Å²) >= 11 is 0. The van der Waals surface area contributed by atoms with Crippen LogP contribution in [0.1, 0.15) is 53.4 Å². The minimum Gasteiger partial charge on any atom is -0.311 e. The first-order chi connectivity index (χ1) is 8.02. The number of likely N-dealkylation sites (tertiary alicyclic amines) is 1. The maximum atomic E-state index is 3.81. The van der Waals surface area contributed by atoms with E-state index in [1.807, 2.05) is 0 Å². The number of rotatable bonds is 6. The standard InChI is InChI=1S/C15H32N2/c1-6-12(2)11-13(3)16-14(4)15-7-9-17(5)10-8-15/h12-16H,6-11H2,1-5H3. The molecule has 0 aliphatic carbocycles. The van der Waals surface area contributed by atoms with Crippen LogP contribution in [0.2, 0.25) is 0 Å². The fraction of sp³-hybridized carbons (Fsp3) is 1.00. The van der Waals surface area contributed by atoms with Crippen LogP contribution in [0, 0.1) is 11.8 Å². The minimum atomic E-state index is 0.666. The summed E-state index contributed by atoms with van der Waals surface area (Å²) in [7, 11) is 2.24. The normalized spacial score (nSPS) is 24.5. The molecular weight excluding hydrogens is 208 g/mol. The van der Waals surface area contributed by atoms with E-state index in [1.54, 1.807) is 0 Å². The summed E-state index contributed by atoms with van der Waals surface area (Å²) in [5.74, 6) is 1.73. The maximum Gasteiger partial charge on any atom is 0.00704 e. The van der Waals surface area contributed by atoms with Gasteiger partial charge < -0.3 is 10.2 Å². The Labute approximate surface area is 108 Å². The Bertz CT molecular complexity index is 197. The molecule has 0 aromatic heterocycles. The predicted octanol–water partition coefficient (Wildman–Crippen LogP) is 3.13. The van der Waals surface area contributed by atoms with Gasteiger partial charge in [0.05, 0.1) is 0 Å². The van der Waals surface area contributed by atoms with E-state index >= 15 is 0 Å². The lowest BCUT2D eigenvalue weighted by molar-refractivity contribution is 0.182. The highest BCUT2D eigenvalue weighted by Crippen LogP contribution is 2.20. The third-order valence-electron chi connectivity index (χ3n) is 4.47. The van der Waals surface area contributed by atoms with Crippen LogP contribution in [0.4, 0.5) is 0 Å². The van der Waals surface area contributed by atoms with Crippen molar-refractivity contribution in [1.82, 2.24) is 10.2 Å². The average molecular weight is 240 g/mol. The van der Waals surface area contributed by atoms with Crippen molar-refractivity contribution < 1.29 is 0 Å². The van der Waals surface area contributed by atoms with Crippen LogP contribution in [0.25, 0.3) is 0 Å². The van der Waals surface area contributed by atoms with Crippen molar-refractivity contribution in [2.45, 2.75) is 65.5 Å². The van der Waals surface area contributed by atoms with Gasteiger partial charge in [-0.1, -0.05) is 20.3 Å². The van der Waals surface area contributed by atoms with Crippen LogP contribution in [0.15, 0.2) is 0 Å². The second kappa shape index (κ2) is 7.38. The minimum absolute atomic E-state index is 0.666. The lowest BCUT2D eigenvalue weighted by Crippen LogP contribution is -2.44. The molecule has 1 rings (SSSR count). The molecule has 1 N–H and O–H groups in total. The van der Waals surface area contributed by atoms with Gasteiger partial charge >= 0.3 is 0 Å². The van der Waals surface area contributed by atoms with Gasteiger partial charge in [-0.3, -0.25) is 0 Å². The van der Waals surface area contributed by atoms with Gasteiger partial charge in [0.25, 0.3) is 0 Å². The van der Waals surface area contributed by atoms with Crippen molar-refractivity contribution in [2.24, 2.45) is 11.8 Å². The molecule has 2 heteroatoms. The second-order valence-corrected chi connectivity index (χ2v) is 6.25. The number of nitrogens with zero attached hydrogens (tertiary/aromatic N) is 1. The maximum absolute atomic E-state index is 3.81. The van der Waals surface area contributed by atoms with Crippen LogP contribution in [-0.2, 0) is 0 Å². The molecule has 3 unspecified atom stereocenters. The molecule has 0 aromatic rings. The van der Waals surface area contributed by atoms with Crippen LogP contribution in [0.3, 0.4) is 0 Å². The van der Waals surface area contributed by atoms with Gasteiger partial charge in [0, 0.05) is 12.1 Å². The molecular formula is C15H32N2. The number of hydrogen-bond donors (Lipinski definition) is 1. The van der Waals surface area contributed by atoms with Gasteiger partial charge in [0.1, 0.15) is 0 Å². The summed E-state index contributed by atoms with van der Waals surface area (Å²) in [4.78, 5) is 2.45. The smallest absolute Gasteiger partial charge is 0.00704 e. The first-order valence-electron chi connectivity index (χ1n) is 7.47. The van der Waals surface area contributed by atoms with Crippen molar-refractivity contribution in [3.05, 3.63) is 0 Å². The predicted molar refractivity (Wildman–Crippen MR) is 76.4 cm³/mol. The largest absolute Gasteiger partial charge is 0.311 e. The zero-order valence-corrected chi connectivity index (χ0v) is 12.5. The SMILES string of the molecule is CCC(C)CC(C)NC(C)C1CCN(C)CC1. The Hall–Kier alpha value is -0.0800. The Morgan fingerprint density at radius 2 is 1.76 bits per heavy atom. The molecule has 0 saturated carbocycles. The quantitative estimate of drug-likeness (QED) is 0.767. The molecule has 1 saturated heterocycles. The van der Waals surface area contributed by atoms with Crippen molar-refractivity contribution in [3.8, 4) is 0 Å². The summed E-state index contributed by atoms with van der Waals surface area (Å²) in [5, 5.41) is 3.81. The van der Waals surface area contributed by atoms with Crippen LogP contribution in [-0.4, -0.2) is 37.1 Å². The van der Waals surface area contributed by atoms with Crippen molar-refractivity contribution in [3.63, 3.8) is 0 Å². The Morgan fingerprint density at radius 1 is 1.18 bits per heavy atom. The lowest BCUT2D eigenvalue weighted by Gasteiger charge is -2.34. The highest BCUT2D eigenvalue weighted by molar-refractivity contribution is 4.80. The van der Waals surface area contributed by atoms with Crippen molar-refractivity contribution >= 4 is 0 Å². The summed E-state index contributed by atoms with van der Waals surface area (Å²) in [5.41, 5.74) is 0. The highest BCUT2D eigenvalue weighted by atomic mass is 15.1. The fourth-order valence-electron chi connectivity index (χ4n) is 2.95. The van der Waals surface area contributed by atoms with Crippen LogP contribution in [0.5, 0.6) is 0 Å². The first kappa shape index (κ1) is 15.0. The van der Waals surface area contributed by atoms with Gasteiger partial charge in [-0.2, -0.15) is 0 Å². The van der Waals surface area contributed by atoms with E-state index in [-0.39, 0.29) is 0 Å². The first-order valence-corrected chi connectivity index (χ1v) is 7.47. The molecule has 3 atom stereocenters. The summed E-state index contributed by atoms with van der Waals surface area (Å²) in [6.45, 7) is 11.9. The van der Waals surface area contributed by atoms with E-state index in [9.17, 15) is 0 Å². The lowest BCUT2D eigenvalue weighted by atomic mass is 9.89. The monoisotopic (exact) mass is 240 g/mol. The number of hydrogen-bond acceptors (Lipinski definition) is 2. The Kier molecular flexibility index (Phi) is 6.50. The molecule has 0 bridgehead atoms. The molecule has 0 radical (unpaired) electrons. The molecule has 0 spiro atoms. The molecule has 0 aromatic carbocycles. The van der Waals surface area contributed by atoms with Gasteiger partial charge in [0.15, 0.2) is 0 Å². The zero-order chi connectivity index (χ0) is 12.8. The highest BCUT2D eigenvalue weighted by Gasteiger charge is 2.23. The molecule has 1 aliphatic heterocycles. The molecule has 17 heavy (non-hydrogen) atoms. The molecule has 1 aliphatic rings. The van der Waals surface area contributed by atoms with Gasteiger partial charge in [0.2, 0.25) is 0 Å². The van der Waals surface area contributed by atoms with E-state index in [0.29, 0.717) is 12.1 Å². The van der Waals surface area contributed by atoms with E-state index in [2.05, 4.69) is 45.0 Å². The molecule has 1 fully saturated rings. The number of nitrogens with one attached hydrogen (secondary N) is 1. The van der Waals surface area contributed by atoms with E-state index in [0.717, 1.165) is 11.8 Å². The second-order valence-electron chi connectivity index (χ2n) is 6.25. The summed E-state index contributed by atoms with van der Waals surface area (Å²) in [6.07, 6.45) is 5.34. The van der Waals surface area contributed by atoms with Crippen LogP contribution < -0.4 is 5.32 Å². The van der Waals surface area contributed by atoms with Crippen molar-refractivity contribution in [1.29, 1.82) is 0 Å². The molecule has 102 valence electrons. The average Bonchev–Trinajstić information content (AvgIpc) is 2.29. The molecule has 1 heterocycles. The van der Waals surface area contributed by atoms with E-state index < -0.39 is 0 Å². The summed E-state index contributed by atoms with van der Waals surface area (Å²) < 4.78 is 0. The Morgan fingerprint density at radius 3 is 2.29 bits per heavy atom. The summed E-state index contributed by atoms with van der Waals surface area (Å²) in [6, 6.07) is 1.35. The third kappa shape index (κ3) is 5.39. The van der Waals surface area contributed by atoms with Crippen LogP contribution >= 0.6 is 0 Å². The number of piperidine rings is 1. The molecule has 2 nitrogen and oxygen atoms in total. The van der Waals surface area contributed by atoms with Crippen molar-refractivity contribution in [2.75, 3.05) is 20.1 Å². The molecule has 0 amide bonds. The topological polar surface area (TPSA) is 15.3 Å². The van der Waals surface area contributed by atoms with Gasteiger partial charge in [-0.05, 0) is 65.1 Å². The van der Waals surface area contributed by atoms with E-state index in [1.165, 1.54) is 38.8 Å². The van der Waals surface area contributed by atoms with Gasteiger partial charge in [-0.25, -0.2) is 0 Å². The zero-order valence-electron chi connectivity index (χ0n) is 12.5. The van der Waals surface area contributed by atoms with Gasteiger partial charge in [-0.15, -0.1) is 0 Å². The Balaban J connectivity index is 2.25. The van der Waals surface area contributed by atoms with E-state index in [4.69, 9.17) is 0 Å². The fourth-order valence-corrected chi connectivity index (χ4v) is 2.95.